The third kappa shape index (κ3) is 2.76. The SMILES string of the molecule is COC(=O)C(O)c1ccc(C(F)F)c(Br)c1. The Bertz CT molecular complexity index is 396. The number of ether oxygens (including phenoxy) is 1. The second-order valence-corrected chi connectivity index (χ2v) is 3.86. The van der Waals surface area contributed by atoms with Crippen LogP contribution in [-0.2, 0) is 9.53 Å². The van der Waals surface area contributed by atoms with Crippen LogP contribution in [0, 0.1) is 0 Å². The van der Waals surface area contributed by atoms with E-state index in [-0.39, 0.29) is 15.6 Å². The van der Waals surface area contributed by atoms with Crippen LogP contribution in [0.1, 0.15) is 23.7 Å². The van der Waals surface area contributed by atoms with Gasteiger partial charge in [-0.1, -0.05) is 28.1 Å². The van der Waals surface area contributed by atoms with Gasteiger partial charge in [-0.3, -0.25) is 0 Å². The predicted molar refractivity (Wildman–Crippen MR) is 56.1 cm³/mol. The van der Waals surface area contributed by atoms with Gasteiger partial charge in [0.1, 0.15) is 0 Å². The number of benzene rings is 1. The number of esters is 1. The largest absolute Gasteiger partial charge is 0.467 e. The maximum absolute atomic E-state index is 12.4. The van der Waals surface area contributed by atoms with E-state index in [1.54, 1.807) is 0 Å². The second-order valence-electron chi connectivity index (χ2n) is 3.01. The number of carbonyl (C=O) groups excluding carboxylic acids is 1. The lowest BCUT2D eigenvalue weighted by molar-refractivity contribution is -0.150. The summed E-state index contributed by atoms with van der Waals surface area (Å²) in [6.45, 7) is 0. The zero-order valence-corrected chi connectivity index (χ0v) is 9.87. The first-order valence-electron chi connectivity index (χ1n) is 4.30. The van der Waals surface area contributed by atoms with Crippen molar-refractivity contribution in [2.75, 3.05) is 7.11 Å². The standard InChI is InChI=1S/C10H9BrF2O3/c1-16-10(15)8(14)5-2-3-6(9(12)13)7(11)4-5/h2-4,8-9,14H,1H3. The molecule has 0 heterocycles. The number of aliphatic hydroxyl groups excluding tert-OH is 1. The van der Waals surface area contributed by atoms with Crippen molar-refractivity contribution < 1.29 is 23.4 Å². The molecule has 3 nitrogen and oxygen atoms in total. The van der Waals surface area contributed by atoms with Crippen LogP contribution in [0.5, 0.6) is 0 Å². The van der Waals surface area contributed by atoms with Gasteiger partial charge in [0.25, 0.3) is 6.43 Å². The molecule has 6 heteroatoms. The van der Waals surface area contributed by atoms with E-state index in [9.17, 15) is 18.7 Å². The molecular formula is C10H9BrF2O3. The van der Waals surface area contributed by atoms with Crippen LogP contribution in [0.25, 0.3) is 0 Å². The van der Waals surface area contributed by atoms with E-state index in [1.165, 1.54) is 12.1 Å². The van der Waals surface area contributed by atoms with Gasteiger partial charge >= 0.3 is 5.97 Å². The van der Waals surface area contributed by atoms with Gasteiger partial charge in [-0.25, -0.2) is 13.6 Å². The van der Waals surface area contributed by atoms with Crippen LogP contribution in [0.4, 0.5) is 8.78 Å². The van der Waals surface area contributed by atoms with Crippen molar-refractivity contribution in [2.24, 2.45) is 0 Å². The first kappa shape index (κ1) is 13.1. The number of rotatable bonds is 3. The van der Waals surface area contributed by atoms with Crippen LogP contribution in [0.15, 0.2) is 22.7 Å². The van der Waals surface area contributed by atoms with Crippen molar-refractivity contribution >= 4 is 21.9 Å². The molecule has 88 valence electrons. The molecule has 1 aromatic carbocycles. The first-order chi connectivity index (χ1) is 7.47. The van der Waals surface area contributed by atoms with Crippen molar-refractivity contribution in [3.63, 3.8) is 0 Å². The first-order valence-corrected chi connectivity index (χ1v) is 5.10. The normalized spacial score (nSPS) is 12.6. The monoisotopic (exact) mass is 294 g/mol. The third-order valence-corrected chi connectivity index (χ3v) is 2.69. The van der Waals surface area contributed by atoms with E-state index in [0.717, 1.165) is 13.2 Å². The van der Waals surface area contributed by atoms with Crippen molar-refractivity contribution in [3.05, 3.63) is 33.8 Å². The van der Waals surface area contributed by atoms with Gasteiger partial charge in [-0.15, -0.1) is 0 Å². The molecule has 0 aliphatic carbocycles. The van der Waals surface area contributed by atoms with E-state index in [2.05, 4.69) is 20.7 Å². The molecular weight excluding hydrogens is 286 g/mol. The Balaban J connectivity index is 3.01. The van der Waals surface area contributed by atoms with Crippen LogP contribution in [-0.4, -0.2) is 18.2 Å². The molecule has 1 atom stereocenters. The van der Waals surface area contributed by atoms with Crippen LogP contribution in [0.3, 0.4) is 0 Å². The van der Waals surface area contributed by atoms with Crippen molar-refractivity contribution in [1.29, 1.82) is 0 Å². The lowest BCUT2D eigenvalue weighted by atomic mass is 10.1. The smallest absolute Gasteiger partial charge is 0.339 e. The number of hydrogen-bond donors (Lipinski definition) is 1. The van der Waals surface area contributed by atoms with Crippen LogP contribution in [0.2, 0.25) is 0 Å². The minimum Gasteiger partial charge on any atom is -0.467 e. The Labute approximate surface area is 99.2 Å². The summed E-state index contributed by atoms with van der Waals surface area (Å²) in [5.74, 6) is -0.836. The van der Waals surface area contributed by atoms with E-state index in [1.807, 2.05) is 0 Å². The summed E-state index contributed by atoms with van der Waals surface area (Å²) >= 11 is 2.94. The summed E-state index contributed by atoms with van der Waals surface area (Å²) in [4.78, 5) is 11.0. The Kier molecular flexibility index (Phi) is 4.37. The average molecular weight is 295 g/mol. The van der Waals surface area contributed by atoms with Gasteiger partial charge in [0.05, 0.1) is 7.11 Å². The number of methoxy groups -OCH3 is 1. The van der Waals surface area contributed by atoms with Crippen LogP contribution >= 0.6 is 15.9 Å². The van der Waals surface area contributed by atoms with Gasteiger partial charge in [0.15, 0.2) is 6.10 Å². The second kappa shape index (κ2) is 5.36. The fourth-order valence-electron chi connectivity index (χ4n) is 1.14. The molecule has 0 saturated carbocycles. The van der Waals surface area contributed by atoms with Crippen molar-refractivity contribution in [3.8, 4) is 0 Å². The molecule has 0 aliphatic heterocycles. The lowest BCUT2D eigenvalue weighted by Gasteiger charge is -2.10. The molecule has 0 aliphatic rings. The van der Waals surface area contributed by atoms with Gasteiger partial charge < -0.3 is 9.84 Å². The maximum atomic E-state index is 12.4. The molecule has 1 N–H and O–H groups in total. The third-order valence-electron chi connectivity index (χ3n) is 2.00. The molecule has 1 rings (SSSR count). The quantitative estimate of drug-likeness (QED) is 0.872. The van der Waals surface area contributed by atoms with Gasteiger partial charge in [-0.05, 0) is 11.6 Å². The van der Waals surface area contributed by atoms with E-state index < -0.39 is 18.5 Å². The minimum atomic E-state index is -2.61. The average Bonchev–Trinajstić information content (AvgIpc) is 2.26. The molecule has 1 aromatic rings. The highest BCUT2D eigenvalue weighted by Gasteiger charge is 2.20. The molecule has 0 amide bonds. The maximum Gasteiger partial charge on any atom is 0.339 e. The summed E-state index contributed by atoms with van der Waals surface area (Å²) in [5, 5.41) is 9.46. The van der Waals surface area contributed by atoms with E-state index in [4.69, 9.17) is 0 Å². The zero-order valence-electron chi connectivity index (χ0n) is 8.28. The predicted octanol–water partition coefficient (Wildman–Crippen LogP) is 2.59. The molecule has 0 aromatic heterocycles. The number of halogens is 3. The minimum absolute atomic E-state index is 0.142. The summed E-state index contributed by atoms with van der Waals surface area (Å²) in [6, 6.07) is 3.67. The molecule has 16 heavy (non-hydrogen) atoms. The van der Waals surface area contributed by atoms with E-state index in [0.29, 0.717) is 0 Å². The Morgan fingerprint density at radius 2 is 2.12 bits per heavy atom. The molecule has 0 spiro atoms. The summed E-state index contributed by atoms with van der Waals surface area (Å²) < 4.78 is 29.3. The fourth-order valence-corrected chi connectivity index (χ4v) is 1.71. The summed E-state index contributed by atoms with van der Waals surface area (Å²) in [5.41, 5.74) is 0.00365. The molecule has 0 fully saturated rings. The fraction of sp³-hybridized carbons (Fsp3) is 0.300. The van der Waals surface area contributed by atoms with Gasteiger partial charge in [0.2, 0.25) is 0 Å². The number of aliphatic hydroxyl groups is 1. The van der Waals surface area contributed by atoms with E-state index >= 15 is 0 Å². The molecule has 0 bridgehead atoms. The highest BCUT2D eigenvalue weighted by Crippen LogP contribution is 2.29. The molecule has 1 unspecified atom stereocenters. The Morgan fingerprint density at radius 1 is 1.50 bits per heavy atom. The van der Waals surface area contributed by atoms with Crippen molar-refractivity contribution in [2.45, 2.75) is 12.5 Å². The van der Waals surface area contributed by atoms with Crippen molar-refractivity contribution in [1.82, 2.24) is 0 Å². The van der Waals surface area contributed by atoms with Crippen LogP contribution < -0.4 is 0 Å². The highest BCUT2D eigenvalue weighted by molar-refractivity contribution is 9.10. The number of carbonyl (C=O) groups is 1. The number of alkyl halides is 2. The van der Waals surface area contributed by atoms with Gasteiger partial charge in [0, 0.05) is 10.0 Å². The number of hydrogen-bond acceptors (Lipinski definition) is 3. The topological polar surface area (TPSA) is 46.5 Å². The highest BCUT2D eigenvalue weighted by atomic mass is 79.9. The zero-order chi connectivity index (χ0) is 12.3. The lowest BCUT2D eigenvalue weighted by Crippen LogP contribution is -2.13. The van der Waals surface area contributed by atoms with Gasteiger partial charge in [-0.2, -0.15) is 0 Å². The summed E-state index contributed by atoms with van der Waals surface area (Å²) in [7, 11) is 1.13. The Hall–Kier alpha value is -1.01. The Morgan fingerprint density at radius 3 is 2.56 bits per heavy atom. The molecule has 0 saturated heterocycles. The molecule has 0 radical (unpaired) electrons. The summed E-state index contributed by atoms with van der Waals surface area (Å²) in [6.07, 6.45) is -4.08.